The Hall–Kier alpha value is -0.720. The van der Waals surface area contributed by atoms with Gasteiger partial charge in [0, 0.05) is 0 Å². The van der Waals surface area contributed by atoms with Crippen molar-refractivity contribution in [3.05, 3.63) is 24.2 Å². The van der Waals surface area contributed by atoms with Gasteiger partial charge >= 0.3 is 0 Å². The number of rotatable bonds is 18. The lowest BCUT2D eigenvalue weighted by molar-refractivity contribution is 0.399. The minimum Gasteiger partial charge on any atom is -0.472 e. The maximum atomic E-state index is 5.28. The Labute approximate surface area is 158 Å². The fourth-order valence-corrected chi connectivity index (χ4v) is 3.87. The van der Waals surface area contributed by atoms with Crippen molar-refractivity contribution in [3.8, 4) is 0 Å². The molecule has 0 bridgehead atoms. The zero-order chi connectivity index (χ0) is 18.0. The molecule has 0 saturated heterocycles. The summed E-state index contributed by atoms with van der Waals surface area (Å²) in [6, 6.07) is 2.15. The molecule has 0 spiro atoms. The fraction of sp³-hybridized carbons (Fsp3) is 0.833. The SMILES string of the molecule is CCCCCCCCCCC(CCCCCCCC)Cc1ccoc1. The summed E-state index contributed by atoms with van der Waals surface area (Å²) in [5.41, 5.74) is 1.40. The van der Waals surface area contributed by atoms with Crippen molar-refractivity contribution in [2.45, 2.75) is 123 Å². The van der Waals surface area contributed by atoms with Crippen LogP contribution in [0, 0.1) is 5.92 Å². The second kappa shape index (κ2) is 16.7. The standard InChI is InChI=1S/C24H44O/c1-3-5-7-9-11-12-14-16-18-23(21-24-19-20-25-22-24)17-15-13-10-8-6-4-2/h19-20,22-23H,3-18,21H2,1-2H3. The molecule has 0 fully saturated rings. The Bertz CT molecular complexity index is 354. The van der Waals surface area contributed by atoms with Crippen molar-refractivity contribution >= 4 is 0 Å². The Kier molecular flexibility index (Phi) is 14.9. The van der Waals surface area contributed by atoms with Gasteiger partial charge in [0.2, 0.25) is 0 Å². The van der Waals surface area contributed by atoms with E-state index in [9.17, 15) is 0 Å². The maximum absolute atomic E-state index is 5.28. The van der Waals surface area contributed by atoms with Crippen molar-refractivity contribution in [2.24, 2.45) is 5.92 Å². The maximum Gasteiger partial charge on any atom is 0.0934 e. The quantitative estimate of drug-likeness (QED) is 0.242. The van der Waals surface area contributed by atoms with E-state index < -0.39 is 0 Å². The predicted molar refractivity (Wildman–Crippen MR) is 111 cm³/mol. The van der Waals surface area contributed by atoms with Crippen LogP contribution in [0.5, 0.6) is 0 Å². The van der Waals surface area contributed by atoms with E-state index in [0.717, 1.165) is 5.92 Å². The lowest BCUT2D eigenvalue weighted by atomic mass is 9.89. The summed E-state index contributed by atoms with van der Waals surface area (Å²) >= 11 is 0. The van der Waals surface area contributed by atoms with Gasteiger partial charge in [0.25, 0.3) is 0 Å². The van der Waals surface area contributed by atoms with Crippen LogP contribution in [0.2, 0.25) is 0 Å². The molecule has 0 saturated carbocycles. The van der Waals surface area contributed by atoms with Crippen LogP contribution in [-0.4, -0.2) is 0 Å². The van der Waals surface area contributed by atoms with E-state index in [1.165, 1.54) is 115 Å². The normalized spacial score (nSPS) is 12.6. The molecule has 1 aromatic heterocycles. The van der Waals surface area contributed by atoms with E-state index in [2.05, 4.69) is 19.9 Å². The minimum absolute atomic E-state index is 0.865. The Morgan fingerprint density at radius 2 is 1.16 bits per heavy atom. The summed E-state index contributed by atoms with van der Waals surface area (Å²) in [6.07, 6.45) is 27.7. The first-order valence-corrected chi connectivity index (χ1v) is 11.4. The van der Waals surface area contributed by atoms with Gasteiger partial charge in [-0.05, 0) is 24.0 Å². The molecule has 0 N–H and O–H groups in total. The monoisotopic (exact) mass is 348 g/mol. The molecule has 1 heterocycles. The van der Waals surface area contributed by atoms with Crippen LogP contribution in [0.15, 0.2) is 23.0 Å². The number of hydrogen-bond acceptors (Lipinski definition) is 1. The first-order valence-electron chi connectivity index (χ1n) is 11.4. The second-order valence-corrected chi connectivity index (χ2v) is 8.02. The van der Waals surface area contributed by atoms with Gasteiger partial charge in [0.1, 0.15) is 0 Å². The molecule has 0 radical (unpaired) electrons. The van der Waals surface area contributed by atoms with E-state index in [1.807, 2.05) is 12.5 Å². The lowest BCUT2D eigenvalue weighted by Crippen LogP contribution is -2.05. The highest BCUT2D eigenvalue weighted by atomic mass is 16.3. The van der Waals surface area contributed by atoms with Gasteiger partial charge in [0.05, 0.1) is 12.5 Å². The fourth-order valence-electron chi connectivity index (χ4n) is 3.87. The van der Waals surface area contributed by atoms with Gasteiger partial charge < -0.3 is 4.42 Å². The largest absolute Gasteiger partial charge is 0.472 e. The smallest absolute Gasteiger partial charge is 0.0934 e. The van der Waals surface area contributed by atoms with E-state index in [0.29, 0.717) is 0 Å². The highest BCUT2D eigenvalue weighted by Gasteiger charge is 2.10. The predicted octanol–water partition coefficient (Wildman–Crippen LogP) is 8.72. The molecule has 1 aromatic rings. The Balaban J connectivity index is 2.13. The van der Waals surface area contributed by atoms with Gasteiger partial charge in [-0.25, -0.2) is 0 Å². The lowest BCUT2D eigenvalue weighted by Gasteiger charge is -2.16. The molecular weight excluding hydrogens is 304 g/mol. The van der Waals surface area contributed by atoms with Crippen LogP contribution in [0.4, 0.5) is 0 Å². The molecule has 1 unspecified atom stereocenters. The van der Waals surface area contributed by atoms with Crippen LogP contribution in [0.25, 0.3) is 0 Å². The molecule has 0 aromatic carbocycles. The first kappa shape index (κ1) is 22.3. The third kappa shape index (κ3) is 13.2. The van der Waals surface area contributed by atoms with Crippen LogP contribution in [0.1, 0.15) is 122 Å². The van der Waals surface area contributed by atoms with E-state index in [-0.39, 0.29) is 0 Å². The van der Waals surface area contributed by atoms with Gasteiger partial charge in [0.15, 0.2) is 0 Å². The molecule has 0 amide bonds. The Morgan fingerprint density at radius 3 is 1.60 bits per heavy atom. The third-order valence-corrected chi connectivity index (χ3v) is 5.54. The zero-order valence-corrected chi connectivity index (χ0v) is 17.2. The molecule has 0 aliphatic carbocycles. The molecule has 146 valence electrons. The number of hydrogen-bond donors (Lipinski definition) is 0. The topological polar surface area (TPSA) is 13.1 Å². The summed E-state index contributed by atoms with van der Waals surface area (Å²) < 4.78 is 5.28. The number of unbranched alkanes of at least 4 members (excludes halogenated alkanes) is 12. The molecule has 0 aliphatic heterocycles. The third-order valence-electron chi connectivity index (χ3n) is 5.54. The molecule has 0 aliphatic rings. The summed E-state index contributed by atoms with van der Waals surface area (Å²) in [5.74, 6) is 0.865. The molecule has 1 rings (SSSR count). The van der Waals surface area contributed by atoms with Crippen molar-refractivity contribution in [3.63, 3.8) is 0 Å². The second-order valence-electron chi connectivity index (χ2n) is 8.02. The number of furan rings is 1. The molecule has 1 atom stereocenters. The van der Waals surface area contributed by atoms with Crippen molar-refractivity contribution in [2.75, 3.05) is 0 Å². The highest BCUT2D eigenvalue weighted by Crippen LogP contribution is 2.23. The van der Waals surface area contributed by atoms with Crippen LogP contribution in [0.3, 0.4) is 0 Å². The minimum atomic E-state index is 0.865. The zero-order valence-electron chi connectivity index (χ0n) is 17.2. The van der Waals surface area contributed by atoms with Crippen molar-refractivity contribution in [1.82, 2.24) is 0 Å². The molecule has 1 nitrogen and oxygen atoms in total. The summed E-state index contributed by atoms with van der Waals surface area (Å²) in [6.45, 7) is 4.59. The van der Waals surface area contributed by atoms with Crippen LogP contribution in [-0.2, 0) is 6.42 Å². The Morgan fingerprint density at radius 1 is 0.680 bits per heavy atom. The highest BCUT2D eigenvalue weighted by molar-refractivity contribution is 5.06. The van der Waals surface area contributed by atoms with Crippen molar-refractivity contribution < 1.29 is 4.42 Å². The first-order chi connectivity index (χ1) is 12.4. The average molecular weight is 349 g/mol. The van der Waals surface area contributed by atoms with Gasteiger partial charge in [-0.1, -0.05) is 117 Å². The average Bonchev–Trinajstić information content (AvgIpc) is 3.13. The van der Waals surface area contributed by atoms with Gasteiger partial charge in [-0.2, -0.15) is 0 Å². The van der Waals surface area contributed by atoms with Crippen molar-refractivity contribution in [1.29, 1.82) is 0 Å². The van der Waals surface area contributed by atoms with Crippen LogP contribution < -0.4 is 0 Å². The van der Waals surface area contributed by atoms with E-state index >= 15 is 0 Å². The molecule has 25 heavy (non-hydrogen) atoms. The van der Waals surface area contributed by atoms with Crippen LogP contribution >= 0.6 is 0 Å². The summed E-state index contributed by atoms with van der Waals surface area (Å²) in [4.78, 5) is 0. The van der Waals surface area contributed by atoms with E-state index in [4.69, 9.17) is 4.42 Å². The summed E-state index contributed by atoms with van der Waals surface area (Å²) in [7, 11) is 0. The molecular formula is C24H44O. The van der Waals surface area contributed by atoms with E-state index in [1.54, 1.807) is 0 Å². The van der Waals surface area contributed by atoms with Gasteiger partial charge in [-0.3, -0.25) is 0 Å². The van der Waals surface area contributed by atoms with Gasteiger partial charge in [-0.15, -0.1) is 0 Å². The summed E-state index contributed by atoms with van der Waals surface area (Å²) in [5, 5.41) is 0. The molecule has 1 heteroatoms.